The third kappa shape index (κ3) is 7.57. The summed E-state index contributed by atoms with van der Waals surface area (Å²) in [7, 11) is 4.30. The number of guanidine groups is 1. The summed E-state index contributed by atoms with van der Waals surface area (Å²) in [6.07, 6.45) is 3.65. The van der Waals surface area contributed by atoms with E-state index in [2.05, 4.69) is 48.7 Å². The van der Waals surface area contributed by atoms with Crippen LogP contribution in [-0.4, -0.2) is 50.6 Å². The molecule has 0 spiro atoms. The van der Waals surface area contributed by atoms with E-state index in [1.165, 1.54) is 18.4 Å². The molecule has 1 saturated carbocycles. The summed E-state index contributed by atoms with van der Waals surface area (Å²) in [6.45, 7) is 4.70. The first-order valence-electron chi connectivity index (χ1n) is 8.53. The minimum atomic E-state index is 0. The molecule has 1 aromatic carbocycles. The highest BCUT2D eigenvalue weighted by Crippen LogP contribution is 2.34. The van der Waals surface area contributed by atoms with Crippen LogP contribution in [0.5, 0.6) is 0 Å². The zero-order valence-electron chi connectivity index (χ0n) is 14.9. The molecule has 0 heterocycles. The van der Waals surface area contributed by atoms with Gasteiger partial charge in [0.2, 0.25) is 0 Å². The van der Waals surface area contributed by atoms with E-state index < -0.39 is 0 Å². The highest BCUT2D eigenvalue weighted by molar-refractivity contribution is 14.0. The standard InChI is InChI=1S/C18H29ClN4.HI/c1-4-20-18(22-13-17(23(2)3)15-7-8-15)21-12-11-14-5-9-16(19)10-6-14;/h5-6,9-10,15,17H,4,7-8,11-13H2,1-3H3,(H2,20,21,22);1H. The average Bonchev–Trinajstić information content (AvgIpc) is 3.34. The molecule has 0 aliphatic heterocycles. The lowest BCUT2D eigenvalue weighted by Crippen LogP contribution is -2.40. The summed E-state index contributed by atoms with van der Waals surface area (Å²) >= 11 is 5.92. The maximum Gasteiger partial charge on any atom is 0.191 e. The number of rotatable bonds is 8. The Balaban J connectivity index is 0.00000288. The summed E-state index contributed by atoms with van der Waals surface area (Å²) in [5, 5.41) is 7.54. The van der Waals surface area contributed by atoms with Gasteiger partial charge < -0.3 is 15.5 Å². The molecule has 1 aliphatic carbocycles. The molecule has 1 atom stereocenters. The lowest BCUT2D eigenvalue weighted by Gasteiger charge is -2.23. The molecule has 6 heteroatoms. The van der Waals surface area contributed by atoms with Crippen molar-refractivity contribution in [2.24, 2.45) is 10.9 Å². The maximum absolute atomic E-state index is 5.92. The summed E-state index contributed by atoms with van der Waals surface area (Å²) in [6, 6.07) is 8.58. The fraction of sp³-hybridized carbons (Fsp3) is 0.611. The fourth-order valence-electron chi connectivity index (χ4n) is 2.72. The van der Waals surface area contributed by atoms with Crippen LogP contribution in [0.25, 0.3) is 0 Å². The van der Waals surface area contributed by atoms with Gasteiger partial charge >= 0.3 is 0 Å². The number of nitrogens with zero attached hydrogens (tertiary/aromatic N) is 2. The SMILES string of the molecule is CCNC(=NCC(C1CC1)N(C)C)NCCc1ccc(Cl)cc1.I. The normalized spacial score (nSPS) is 15.8. The van der Waals surface area contributed by atoms with Gasteiger partial charge in [0.25, 0.3) is 0 Å². The molecular weight excluding hydrogens is 435 g/mol. The molecule has 0 aromatic heterocycles. The van der Waals surface area contributed by atoms with Crippen molar-refractivity contribution in [3.63, 3.8) is 0 Å². The molecule has 0 radical (unpaired) electrons. The molecule has 0 amide bonds. The zero-order valence-corrected chi connectivity index (χ0v) is 18.0. The first-order chi connectivity index (χ1) is 11.1. The molecule has 1 aromatic rings. The molecule has 24 heavy (non-hydrogen) atoms. The zero-order chi connectivity index (χ0) is 16.7. The Kier molecular flexibility index (Phi) is 10.0. The van der Waals surface area contributed by atoms with Crippen molar-refractivity contribution in [3.05, 3.63) is 34.9 Å². The quantitative estimate of drug-likeness (QED) is 0.352. The summed E-state index contributed by atoms with van der Waals surface area (Å²) in [5.41, 5.74) is 1.28. The van der Waals surface area contributed by atoms with E-state index in [0.717, 1.165) is 43.0 Å². The lowest BCUT2D eigenvalue weighted by atomic mass is 10.1. The Morgan fingerprint density at radius 2 is 1.92 bits per heavy atom. The van der Waals surface area contributed by atoms with Gasteiger partial charge in [0.05, 0.1) is 6.54 Å². The Morgan fingerprint density at radius 1 is 1.25 bits per heavy atom. The summed E-state index contributed by atoms with van der Waals surface area (Å²) in [4.78, 5) is 7.08. The molecule has 2 rings (SSSR count). The smallest absolute Gasteiger partial charge is 0.191 e. The lowest BCUT2D eigenvalue weighted by molar-refractivity contribution is 0.271. The van der Waals surface area contributed by atoms with Gasteiger partial charge in [0.15, 0.2) is 5.96 Å². The third-order valence-corrected chi connectivity index (χ3v) is 4.48. The molecule has 1 unspecified atom stereocenters. The second-order valence-corrected chi connectivity index (χ2v) is 6.83. The van der Waals surface area contributed by atoms with E-state index in [4.69, 9.17) is 16.6 Å². The van der Waals surface area contributed by atoms with Crippen LogP contribution in [-0.2, 0) is 6.42 Å². The molecule has 2 N–H and O–H groups in total. The monoisotopic (exact) mass is 464 g/mol. The Labute approximate surface area is 168 Å². The van der Waals surface area contributed by atoms with E-state index in [0.29, 0.717) is 6.04 Å². The molecule has 1 aliphatic rings. The van der Waals surface area contributed by atoms with Gasteiger partial charge in [-0.2, -0.15) is 0 Å². The van der Waals surface area contributed by atoms with Crippen molar-refractivity contribution in [3.8, 4) is 0 Å². The number of aliphatic imine (C=N–C) groups is 1. The van der Waals surface area contributed by atoms with Gasteiger partial charge in [-0.05, 0) is 63.9 Å². The first-order valence-corrected chi connectivity index (χ1v) is 8.91. The van der Waals surface area contributed by atoms with Gasteiger partial charge in [-0.15, -0.1) is 24.0 Å². The van der Waals surface area contributed by atoms with Gasteiger partial charge in [-0.3, -0.25) is 4.99 Å². The average molecular weight is 465 g/mol. The minimum Gasteiger partial charge on any atom is -0.357 e. The van der Waals surface area contributed by atoms with Crippen molar-refractivity contribution in [2.45, 2.75) is 32.2 Å². The van der Waals surface area contributed by atoms with E-state index in [1.54, 1.807) is 0 Å². The molecule has 136 valence electrons. The van der Waals surface area contributed by atoms with Gasteiger partial charge in [0, 0.05) is 24.2 Å². The van der Waals surface area contributed by atoms with Gasteiger partial charge in [-0.25, -0.2) is 0 Å². The van der Waals surface area contributed by atoms with E-state index in [9.17, 15) is 0 Å². The van der Waals surface area contributed by atoms with Crippen LogP contribution < -0.4 is 10.6 Å². The highest BCUT2D eigenvalue weighted by Gasteiger charge is 2.32. The molecule has 0 bridgehead atoms. The fourth-order valence-corrected chi connectivity index (χ4v) is 2.84. The molecule has 0 saturated heterocycles. The van der Waals surface area contributed by atoms with E-state index >= 15 is 0 Å². The van der Waals surface area contributed by atoms with Crippen molar-refractivity contribution in [1.29, 1.82) is 0 Å². The van der Waals surface area contributed by atoms with Crippen molar-refractivity contribution in [1.82, 2.24) is 15.5 Å². The van der Waals surface area contributed by atoms with Crippen LogP contribution in [0, 0.1) is 5.92 Å². The number of hydrogen-bond acceptors (Lipinski definition) is 2. The van der Waals surface area contributed by atoms with E-state index in [1.807, 2.05) is 12.1 Å². The number of halogens is 2. The predicted octanol–water partition coefficient (Wildman–Crippen LogP) is 3.40. The highest BCUT2D eigenvalue weighted by atomic mass is 127. The van der Waals surface area contributed by atoms with Crippen LogP contribution in [0.2, 0.25) is 5.02 Å². The Bertz CT molecular complexity index is 498. The van der Waals surface area contributed by atoms with Gasteiger partial charge in [0.1, 0.15) is 0 Å². The number of benzene rings is 1. The second kappa shape index (κ2) is 11.2. The van der Waals surface area contributed by atoms with Crippen LogP contribution in [0.1, 0.15) is 25.3 Å². The molecular formula is C18H30ClIN4. The number of nitrogens with one attached hydrogen (secondary N) is 2. The molecule has 1 fully saturated rings. The minimum absolute atomic E-state index is 0. The Hall–Kier alpha value is -0.530. The van der Waals surface area contributed by atoms with Crippen LogP contribution in [0.3, 0.4) is 0 Å². The Morgan fingerprint density at radius 3 is 2.46 bits per heavy atom. The van der Waals surface area contributed by atoms with Crippen LogP contribution in [0.15, 0.2) is 29.3 Å². The topological polar surface area (TPSA) is 39.7 Å². The second-order valence-electron chi connectivity index (χ2n) is 6.39. The van der Waals surface area contributed by atoms with Gasteiger partial charge in [-0.1, -0.05) is 23.7 Å². The third-order valence-electron chi connectivity index (χ3n) is 4.23. The largest absolute Gasteiger partial charge is 0.357 e. The summed E-state index contributed by atoms with van der Waals surface area (Å²) in [5.74, 6) is 1.74. The van der Waals surface area contributed by atoms with Crippen molar-refractivity contribution in [2.75, 3.05) is 33.7 Å². The predicted molar refractivity (Wildman–Crippen MR) is 115 cm³/mol. The van der Waals surface area contributed by atoms with Crippen LogP contribution >= 0.6 is 35.6 Å². The van der Waals surface area contributed by atoms with Crippen LogP contribution in [0.4, 0.5) is 0 Å². The number of hydrogen-bond donors (Lipinski definition) is 2. The summed E-state index contributed by atoms with van der Waals surface area (Å²) < 4.78 is 0. The maximum atomic E-state index is 5.92. The van der Waals surface area contributed by atoms with E-state index in [-0.39, 0.29) is 24.0 Å². The van der Waals surface area contributed by atoms with Crippen molar-refractivity contribution < 1.29 is 0 Å². The molecule has 4 nitrogen and oxygen atoms in total. The first kappa shape index (κ1) is 21.5. The van der Waals surface area contributed by atoms with Crippen molar-refractivity contribution >= 4 is 41.5 Å². The number of likely N-dealkylation sites (N-methyl/N-ethyl adjacent to an activating group) is 1.